The van der Waals surface area contributed by atoms with Crippen molar-refractivity contribution in [3.8, 4) is 5.75 Å². The van der Waals surface area contributed by atoms with Crippen LogP contribution in [0.1, 0.15) is 12.8 Å². The van der Waals surface area contributed by atoms with Crippen molar-refractivity contribution in [3.63, 3.8) is 0 Å². The van der Waals surface area contributed by atoms with Gasteiger partial charge in [-0.15, -0.1) is 0 Å². The molecule has 0 bridgehead atoms. The fourth-order valence-corrected chi connectivity index (χ4v) is 2.74. The van der Waals surface area contributed by atoms with Crippen molar-refractivity contribution in [2.45, 2.75) is 25.5 Å². The maximum Gasteiger partial charge on any atom is 0.306 e. The minimum atomic E-state index is -0.803. The monoisotopic (exact) mass is 332 g/mol. The molecule has 3 rings (SSSR count). The molecule has 2 aromatic rings. The highest BCUT2D eigenvalue weighted by atomic mass is 16.6. The molecule has 2 heterocycles. The summed E-state index contributed by atoms with van der Waals surface area (Å²) in [5.74, 6) is 0.684. The van der Waals surface area contributed by atoms with Crippen molar-refractivity contribution in [3.05, 3.63) is 46.8 Å². The highest BCUT2D eigenvalue weighted by Gasteiger charge is 2.14. The minimum absolute atomic E-state index is 0.0940. The van der Waals surface area contributed by atoms with Gasteiger partial charge in [-0.1, -0.05) is 0 Å². The number of aromatic nitrogens is 2. The lowest BCUT2D eigenvalue weighted by Gasteiger charge is -2.18. The molecule has 0 saturated carbocycles. The summed E-state index contributed by atoms with van der Waals surface area (Å²) in [5.41, 5.74) is 1.09. The fraction of sp³-hybridized carbons (Fsp3) is 0.438. The van der Waals surface area contributed by atoms with Gasteiger partial charge in [-0.25, -0.2) is 0 Å². The molecule has 0 amide bonds. The largest absolute Gasteiger partial charge is 0.491 e. The van der Waals surface area contributed by atoms with Gasteiger partial charge in [0.25, 0.3) is 0 Å². The van der Waals surface area contributed by atoms with E-state index >= 15 is 0 Å². The molecule has 1 aromatic heterocycles. The summed E-state index contributed by atoms with van der Waals surface area (Å²) in [7, 11) is 0. The number of benzene rings is 1. The average molecular weight is 332 g/mol. The summed E-state index contributed by atoms with van der Waals surface area (Å²) in [4.78, 5) is 12.4. The van der Waals surface area contributed by atoms with Crippen LogP contribution < -0.4 is 9.64 Å². The van der Waals surface area contributed by atoms with Crippen LogP contribution in [0.25, 0.3) is 0 Å². The number of aliphatic hydroxyl groups is 1. The number of rotatable bonds is 7. The summed E-state index contributed by atoms with van der Waals surface area (Å²) >= 11 is 0. The topological polar surface area (TPSA) is 93.7 Å². The van der Waals surface area contributed by atoms with Gasteiger partial charge in [-0.2, -0.15) is 5.10 Å². The number of nitro groups is 1. The molecule has 1 atom stereocenters. The minimum Gasteiger partial charge on any atom is -0.491 e. The molecule has 8 nitrogen and oxygen atoms in total. The number of anilines is 1. The first-order valence-corrected chi connectivity index (χ1v) is 7.94. The molecular weight excluding hydrogens is 312 g/mol. The fourth-order valence-electron chi connectivity index (χ4n) is 2.74. The molecule has 1 aliphatic rings. The predicted octanol–water partition coefficient (Wildman–Crippen LogP) is 1.83. The molecule has 1 N–H and O–H groups in total. The molecule has 1 aromatic carbocycles. The second-order valence-electron chi connectivity index (χ2n) is 5.83. The van der Waals surface area contributed by atoms with Gasteiger partial charge in [0, 0.05) is 18.8 Å². The molecule has 1 saturated heterocycles. The van der Waals surface area contributed by atoms with Gasteiger partial charge >= 0.3 is 5.69 Å². The number of hydrogen-bond donors (Lipinski definition) is 1. The van der Waals surface area contributed by atoms with E-state index in [0.717, 1.165) is 19.3 Å². The molecule has 128 valence electrons. The Labute approximate surface area is 139 Å². The van der Waals surface area contributed by atoms with Crippen LogP contribution in [-0.4, -0.2) is 45.6 Å². The molecule has 1 unspecified atom stereocenters. The summed E-state index contributed by atoms with van der Waals surface area (Å²) in [5, 5.41) is 24.4. The molecule has 8 heteroatoms. The third-order valence-electron chi connectivity index (χ3n) is 3.98. The third kappa shape index (κ3) is 4.02. The van der Waals surface area contributed by atoms with Crippen LogP contribution in [0.4, 0.5) is 11.4 Å². The molecule has 0 aliphatic carbocycles. The van der Waals surface area contributed by atoms with Gasteiger partial charge in [0.2, 0.25) is 0 Å². The number of aliphatic hydroxyl groups excluding tert-OH is 1. The molecule has 1 aliphatic heterocycles. The van der Waals surface area contributed by atoms with E-state index in [0.29, 0.717) is 5.75 Å². The highest BCUT2D eigenvalue weighted by Crippen LogP contribution is 2.23. The molecule has 0 spiro atoms. The van der Waals surface area contributed by atoms with Crippen LogP contribution in [0.5, 0.6) is 5.75 Å². The molecule has 24 heavy (non-hydrogen) atoms. The maximum atomic E-state index is 10.6. The van der Waals surface area contributed by atoms with E-state index < -0.39 is 11.0 Å². The van der Waals surface area contributed by atoms with E-state index in [-0.39, 0.29) is 18.8 Å². The van der Waals surface area contributed by atoms with Crippen molar-refractivity contribution in [1.82, 2.24) is 9.78 Å². The normalized spacial score (nSPS) is 15.5. The second-order valence-corrected chi connectivity index (χ2v) is 5.83. The van der Waals surface area contributed by atoms with Gasteiger partial charge < -0.3 is 14.7 Å². The van der Waals surface area contributed by atoms with Crippen LogP contribution >= 0.6 is 0 Å². The van der Waals surface area contributed by atoms with E-state index in [1.165, 1.54) is 29.4 Å². The Hall–Kier alpha value is -2.61. The zero-order valence-electron chi connectivity index (χ0n) is 13.2. The van der Waals surface area contributed by atoms with Gasteiger partial charge in [0.05, 0.1) is 11.5 Å². The van der Waals surface area contributed by atoms with Crippen LogP contribution in [0.3, 0.4) is 0 Å². The van der Waals surface area contributed by atoms with Gasteiger partial charge in [-0.05, 0) is 37.1 Å². The lowest BCUT2D eigenvalue weighted by Crippen LogP contribution is -2.23. The number of nitrogens with zero attached hydrogens (tertiary/aromatic N) is 4. The zero-order chi connectivity index (χ0) is 16.9. The summed E-state index contributed by atoms with van der Waals surface area (Å²) in [6, 6.07) is 7.81. The summed E-state index contributed by atoms with van der Waals surface area (Å²) < 4.78 is 6.90. The Bertz CT molecular complexity index is 680. The summed E-state index contributed by atoms with van der Waals surface area (Å²) in [6.45, 7) is 2.42. The van der Waals surface area contributed by atoms with Gasteiger partial charge in [0.15, 0.2) is 0 Å². The first-order valence-electron chi connectivity index (χ1n) is 7.94. The SMILES string of the molecule is O=[N+]([O-])c1cnn(CC(O)COc2ccc(N3CCCC3)cc2)c1. The Balaban J connectivity index is 1.48. The standard InChI is InChI=1S/C16H20N4O4/c21-15(11-19-10-14(9-17-19)20(22)23)12-24-16-5-3-13(4-6-16)18-7-1-2-8-18/h3-6,9-10,15,21H,1-2,7-8,11-12H2. The average Bonchev–Trinajstić information content (AvgIpc) is 3.25. The van der Waals surface area contributed by atoms with E-state index in [2.05, 4.69) is 10.00 Å². The van der Waals surface area contributed by atoms with Crippen LogP contribution in [0.15, 0.2) is 36.7 Å². The first kappa shape index (κ1) is 16.3. The Morgan fingerprint density at radius 1 is 1.29 bits per heavy atom. The van der Waals surface area contributed by atoms with Crippen LogP contribution in [-0.2, 0) is 6.54 Å². The Morgan fingerprint density at radius 2 is 2.00 bits per heavy atom. The lowest BCUT2D eigenvalue weighted by molar-refractivity contribution is -0.385. The molecule has 0 radical (unpaired) electrons. The van der Waals surface area contributed by atoms with E-state index in [1.54, 1.807) is 0 Å². The molecule has 1 fully saturated rings. The van der Waals surface area contributed by atoms with E-state index in [4.69, 9.17) is 4.74 Å². The van der Waals surface area contributed by atoms with Gasteiger partial charge in [-0.3, -0.25) is 14.8 Å². The van der Waals surface area contributed by atoms with Crippen molar-refractivity contribution in [2.24, 2.45) is 0 Å². The third-order valence-corrected chi connectivity index (χ3v) is 3.98. The number of hydrogen-bond acceptors (Lipinski definition) is 6. The van der Waals surface area contributed by atoms with Crippen LogP contribution in [0, 0.1) is 10.1 Å². The Kier molecular flexibility index (Phi) is 4.95. The lowest BCUT2D eigenvalue weighted by atomic mass is 10.3. The first-order chi connectivity index (χ1) is 11.6. The maximum absolute atomic E-state index is 10.6. The van der Waals surface area contributed by atoms with Crippen LogP contribution in [0.2, 0.25) is 0 Å². The van der Waals surface area contributed by atoms with Crippen molar-refractivity contribution >= 4 is 11.4 Å². The second kappa shape index (κ2) is 7.31. The predicted molar refractivity (Wildman–Crippen MR) is 88.3 cm³/mol. The number of ether oxygens (including phenoxy) is 1. The van der Waals surface area contributed by atoms with Crippen molar-refractivity contribution in [2.75, 3.05) is 24.6 Å². The van der Waals surface area contributed by atoms with Gasteiger partial charge in [0.1, 0.15) is 30.9 Å². The highest BCUT2D eigenvalue weighted by molar-refractivity contribution is 5.49. The Morgan fingerprint density at radius 3 is 2.62 bits per heavy atom. The molecular formula is C16H20N4O4. The zero-order valence-corrected chi connectivity index (χ0v) is 13.2. The quantitative estimate of drug-likeness (QED) is 0.614. The summed E-state index contributed by atoms with van der Waals surface area (Å²) in [6.07, 6.45) is 4.10. The van der Waals surface area contributed by atoms with Crippen molar-refractivity contribution in [1.29, 1.82) is 0 Å². The van der Waals surface area contributed by atoms with Crippen molar-refractivity contribution < 1.29 is 14.8 Å². The van der Waals surface area contributed by atoms with E-state index in [9.17, 15) is 15.2 Å². The smallest absolute Gasteiger partial charge is 0.306 e. The van der Waals surface area contributed by atoms with E-state index in [1.807, 2.05) is 24.3 Å².